The number of pyridine rings is 1. The number of ether oxygens (including phenoxy) is 1. The molecule has 0 bridgehead atoms. The summed E-state index contributed by atoms with van der Waals surface area (Å²) in [4.78, 5) is 49.4. The van der Waals surface area contributed by atoms with E-state index < -0.39 is 0 Å². The Morgan fingerprint density at radius 2 is 2.08 bits per heavy atom. The molecule has 1 saturated heterocycles. The Hall–Kier alpha value is -4.28. The lowest BCUT2D eigenvalue weighted by Gasteiger charge is -2.19. The van der Waals surface area contributed by atoms with Crippen LogP contribution >= 0.6 is 0 Å². The third-order valence-corrected chi connectivity index (χ3v) is 6.69. The van der Waals surface area contributed by atoms with E-state index in [-0.39, 0.29) is 30.7 Å². The summed E-state index contributed by atoms with van der Waals surface area (Å²) in [5.74, 6) is 1.53. The molecule has 0 atom stereocenters. The first-order chi connectivity index (χ1) is 18.4. The first-order valence-electron chi connectivity index (χ1n) is 12.8. The molecule has 11 heteroatoms. The second-order valence-corrected chi connectivity index (χ2v) is 9.61. The number of benzene rings is 1. The monoisotopic (exact) mass is 518 g/mol. The summed E-state index contributed by atoms with van der Waals surface area (Å²) in [5.41, 5.74) is 1.68. The molecule has 0 radical (unpaired) electrons. The van der Waals surface area contributed by atoms with E-state index >= 15 is 0 Å². The Labute approximate surface area is 220 Å². The van der Waals surface area contributed by atoms with Crippen molar-refractivity contribution in [2.24, 2.45) is 0 Å². The first-order valence-corrected chi connectivity index (χ1v) is 12.8. The van der Waals surface area contributed by atoms with Crippen LogP contribution in [-0.2, 0) is 16.1 Å². The van der Waals surface area contributed by atoms with Crippen molar-refractivity contribution in [3.63, 3.8) is 0 Å². The van der Waals surface area contributed by atoms with Crippen molar-refractivity contribution in [3.05, 3.63) is 53.5 Å². The molecule has 198 valence electrons. The number of carbonyl (C=O) groups is 3. The molecule has 1 N–H and O–H groups in total. The van der Waals surface area contributed by atoms with E-state index in [1.165, 1.54) is 6.20 Å². The number of carbonyl (C=O) groups excluding carboxylic acids is 3. The quantitative estimate of drug-likeness (QED) is 0.433. The molecule has 38 heavy (non-hydrogen) atoms. The molecule has 3 aromatic rings. The van der Waals surface area contributed by atoms with Gasteiger partial charge in [-0.15, -0.1) is 0 Å². The standard InChI is InChI=1S/C27H30N6O5/c1-17-30-27(38-31-17)22-10-9-21(15-29-22)37-23-14-18(5-6-19(23)16-33-13-3-4-25(33)35)26(36)28-12-11-24(34)32(2)20-7-8-20/h5-6,9-10,14-15,20H,3-4,7-8,11-13,16H2,1-2H3,(H,28,36). The predicted octanol–water partition coefficient (Wildman–Crippen LogP) is 3.10. The van der Waals surface area contributed by atoms with Crippen LogP contribution in [0.1, 0.15) is 53.8 Å². The molecular weight excluding hydrogens is 488 g/mol. The second kappa shape index (κ2) is 11.0. The van der Waals surface area contributed by atoms with Gasteiger partial charge in [0.15, 0.2) is 5.82 Å². The van der Waals surface area contributed by atoms with Crippen molar-refractivity contribution in [1.29, 1.82) is 0 Å². The van der Waals surface area contributed by atoms with Crippen LogP contribution in [0.5, 0.6) is 11.5 Å². The second-order valence-electron chi connectivity index (χ2n) is 9.61. The molecule has 3 amide bonds. The topological polar surface area (TPSA) is 131 Å². The van der Waals surface area contributed by atoms with Crippen LogP contribution in [0, 0.1) is 6.92 Å². The summed E-state index contributed by atoms with van der Waals surface area (Å²) in [6.07, 6.45) is 5.23. The number of aryl methyl sites for hydroxylation is 1. The zero-order valence-corrected chi connectivity index (χ0v) is 21.5. The average molecular weight is 519 g/mol. The van der Waals surface area contributed by atoms with Gasteiger partial charge in [0.05, 0.1) is 6.20 Å². The Morgan fingerprint density at radius 3 is 2.74 bits per heavy atom. The molecule has 5 rings (SSSR count). The van der Waals surface area contributed by atoms with E-state index in [0.717, 1.165) is 24.8 Å². The number of hydrogen-bond acceptors (Lipinski definition) is 8. The van der Waals surface area contributed by atoms with Crippen LogP contribution in [0.25, 0.3) is 11.6 Å². The number of aromatic nitrogens is 3. The maximum absolute atomic E-state index is 12.9. The Balaban J connectivity index is 1.30. The van der Waals surface area contributed by atoms with Crippen molar-refractivity contribution in [2.75, 3.05) is 20.1 Å². The summed E-state index contributed by atoms with van der Waals surface area (Å²) in [6.45, 7) is 3.04. The first kappa shape index (κ1) is 25.4. The van der Waals surface area contributed by atoms with Gasteiger partial charge in [-0.2, -0.15) is 4.98 Å². The predicted molar refractivity (Wildman–Crippen MR) is 136 cm³/mol. The summed E-state index contributed by atoms with van der Waals surface area (Å²) in [7, 11) is 1.81. The van der Waals surface area contributed by atoms with Crippen LogP contribution in [0.2, 0.25) is 0 Å². The van der Waals surface area contributed by atoms with Crippen molar-refractivity contribution in [1.82, 2.24) is 30.2 Å². The van der Waals surface area contributed by atoms with Crippen LogP contribution in [-0.4, -0.2) is 68.8 Å². The Morgan fingerprint density at radius 1 is 1.24 bits per heavy atom. The molecule has 2 aromatic heterocycles. The number of nitrogens with zero attached hydrogens (tertiary/aromatic N) is 5. The van der Waals surface area contributed by atoms with Gasteiger partial charge in [-0.1, -0.05) is 11.2 Å². The lowest BCUT2D eigenvalue weighted by atomic mass is 10.1. The third-order valence-electron chi connectivity index (χ3n) is 6.69. The van der Waals surface area contributed by atoms with Gasteiger partial charge in [0.2, 0.25) is 11.8 Å². The molecule has 2 aliphatic rings. The highest BCUT2D eigenvalue weighted by molar-refractivity contribution is 5.95. The lowest BCUT2D eigenvalue weighted by Crippen LogP contribution is -2.33. The number of amides is 3. The Kier molecular flexibility index (Phi) is 7.34. The molecule has 1 saturated carbocycles. The number of rotatable bonds is 10. The highest BCUT2D eigenvalue weighted by atomic mass is 16.5. The van der Waals surface area contributed by atoms with E-state index in [0.29, 0.717) is 60.0 Å². The van der Waals surface area contributed by atoms with E-state index in [1.807, 2.05) is 0 Å². The lowest BCUT2D eigenvalue weighted by molar-refractivity contribution is -0.130. The summed E-state index contributed by atoms with van der Waals surface area (Å²) < 4.78 is 11.3. The minimum Gasteiger partial charge on any atom is -0.455 e. The molecular formula is C27H30N6O5. The number of hydrogen-bond donors (Lipinski definition) is 1. The zero-order chi connectivity index (χ0) is 26.6. The van der Waals surface area contributed by atoms with E-state index in [9.17, 15) is 14.4 Å². The fourth-order valence-electron chi connectivity index (χ4n) is 4.32. The van der Waals surface area contributed by atoms with Gasteiger partial charge in [0.25, 0.3) is 11.8 Å². The van der Waals surface area contributed by atoms with Crippen LogP contribution < -0.4 is 10.1 Å². The largest absolute Gasteiger partial charge is 0.455 e. The van der Waals surface area contributed by atoms with E-state index in [4.69, 9.17) is 9.26 Å². The molecule has 1 aromatic carbocycles. The van der Waals surface area contributed by atoms with Gasteiger partial charge < -0.3 is 24.4 Å². The SMILES string of the molecule is Cc1noc(-c2ccc(Oc3cc(C(=O)NCCC(=O)N(C)C4CC4)ccc3CN3CCCC3=O)cn2)n1. The van der Waals surface area contributed by atoms with Crippen molar-refractivity contribution in [2.45, 2.75) is 51.6 Å². The molecule has 3 heterocycles. The van der Waals surface area contributed by atoms with Gasteiger partial charge in [-0.05, 0) is 50.5 Å². The minimum atomic E-state index is -0.305. The van der Waals surface area contributed by atoms with Gasteiger partial charge in [0, 0.05) is 56.7 Å². The molecule has 2 fully saturated rings. The molecule has 0 spiro atoms. The maximum Gasteiger partial charge on any atom is 0.276 e. The maximum atomic E-state index is 12.9. The number of nitrogens with one attached hydrogen (secondary N) is 1. The van der Waals surface area contributed by atoms with Crippen molar-refractivity contribution < 1.29 is 23.6 Å². The van der Waals surface area contributed by atoms with Crippen molar-refractivity contribution >= 4 is 17.7 Å². The fraction of sp³-hybridized carbons (Fsp3) is 0.407. The Bertz CT molecular complexity index is 1330. The molecule has 11 nitrogen and oxygen atoms in total. The zero-order valence-electron chi connectivity index (χ0n) is 21.5. The molecule has 0 unspecified atom stereocenters. The molecule has 1 aliphatic heterocycles. The number of likely N-dealkylation sites (tertiary alicyclic amines) is 1. The van der Waals surface area contributed by atoms with Crippen LogP contribution in [0.15, 0.2) is 41.1 Å². The smallest absolute Gasteiger partial charge is 0.276 e. The van der Waals surface area contributed by atoms with Gasteiger partial charge in [0.1, 0.15) is 17.2 Å². The average Bonchev–Trinajstić information content (AvgIpc) is 3.56. The normalized spacial score (nSPS) is 15.0. The van der Waals surface area contributed by atoms with Crippen LogP contribution in [0.4, 0.5) is 0 Å². The third kappa shape index (κ3) is 5.99. The van der Waals surface area contributed by atoms with Gasteiger partial charge >= 0.3 is 0 Å². The van der Waals surface area contributed by atoms with E-state index in [2.05, 4.69) is 20.4 Å². The van der Waals surface area contributed by atoms with Crippen molar-refractivity contribution in [3.8, 4) is 23.1 Å². The minimum absolute atomic E-state index is 0.0223. The highest BCUT2D eigenvalue weighted by Crippen LogP contribution is 2.30. The van der Waals surface area contributed by atoms with Crippen LogP contribution in [0.3, 0.4) is 0 Å². The summed E-state index contributed by atoms with van der Waals surface area (Å²) in [5, 5.41) is 6.60. The summed E-state index contributed by atoms with van der Waals surface area (Å²) >= 11 is 0. The fourth-order valence-corrected chi connectivity index (χ4v) is 4.32. The van der Waals surface area contributed by atoms with Gasteiger partial charge in [-0.25, -0.2) is 4.98 Å². The van der Waals surface area contributed by atoms with Gasteiger partial charge in [-0.3, -0.25) is 14.4 Å². The van der Waals surface area contributed by atoms with E-state index in [1.54, 1.807) is 54.1 Å². The molecule has 1 aliphatic carbocycles. The highest BCUT2D eigenvalue weighted by Gasteiger charge is 2.29. The summed E-state index contributed by atoms with van der Waals surface area (Å²) in [6, 6.07) is 8.92.